The average molecular weight is 478 g/mol. The summed E-state index contributed by atoms with van der Waals surface area (Å²) in [5, 5.41) is 0. The van der Waals surface area contributed by atoms with Crippen LogP contribution in [-0.4, -0.2) is 26.9 Å². The van der Waals surface area contributed by atoms with E-state index < -0.39 is 18.8 Å². The van der Waals surface area contributed by atoms with Crippen molar-refractivity contribution in [2.75, 3.05) is 19.8 Å². The Morgan fingerprint density at radius 2 is 1.35 bits per heavy atom. The van der Waals surface area contributed by atoms with Crippen LogP contribution in [-0.2, 0) is 9.31 Å². The van der Waals surface area contributed by atoms with Gasteiger partial charge in [0.05, 0.1) is 6.61 Å². The molecule has 1 aromatic carbocycles. The molecule has 0 spiro atoms. The second-order valence-corrected chi connectivity index (χ2v) is 10.5. The topological polar surface area (TPSA) is 27.7 Å². The van der Waals surface area contributed by atoms with Gasteiger partial charge in [-0.2, -0.15) is 4.39 Å². The van der Waals surface area contributed by atoms with Crippen molar-refractivity contribution in [2.45, 2.75) is 104 Å². The molecule has 6 heteroatoms. The molecule has 0 unspecified atom stereocenters. The summed E-state index contributed by atoms with van der Waals surface area (Å²) in [6.45, 7) is 5.96. The molecule has 2 fully saturated rings. The Morgan fingerprint density at radius 3 is 2.06 bits per heavy atom. The fraction of sp³-hybridized carbons (Fsp3) is 0.786. The minimum absolute atomic E-state index is 0.00733. The molecule has 0 bridgehead atoms. The molecule has 0 N–H and O–H groups in total. The van der Waals surface area contributed by atoms with Gasteiger partial charge in [-0.25, -0.2) is 4.39 Å². The van der Waals surface area contributed by atoms with Crippen molar-refractivity contribution in [3.05, 3.63) is 23.8 Å². The Balaban J connectivity index is 1.40. The lowest BCUT2D eigenvalue weighted by molar-refractivity contribution is 0.0805. The van der Waals surface area contributed by atoms with Crippen molar-refractivity contribution in [2.24, 2.45) is 17.8 Å². The molecule has 0 atom stereocenters. The van der Waals surface area contributed by atoms with Crippen LogP contribution in [0.15, 0.2) is 12.1 Å². The molecule has 1 aliphatic heterocycles. The van der Waals surface area contributed by atoms with Crippen LogP contribution in [0.2, 0.25) is 0 Å². The molecule has 0 radical (unpaired) electrons. The van der Waals surface area contributed by atoms with Gasteiger partial charge in [0, 0.05) is 24.6 Å². The Kier molecular flexibility index (Phi) is 12.2. The predicted octanol–water partition coefficient (Wildman–Crippen LogP) is 7.45. The quantitative estimate of drug-likeness (QED) is 0.205. The standard InChI is InChI=1S/C28H45BF2O3/c1-3-5-7-8-10-12-24-20-33-29(34-21-24)25-17-18-26(28(31)27(25)30)32-19-23-15-13-22(14-16-23)11-9-6-4-2/h17-18,22-24H,3-16,19-21H2,1-2H3. The largest absolute Gasteiger partial charge is 0.497 e. The van der Waals surface area contributed by atoms with Crippen LogP contribution in [0.4, 0.5) is 8.78 Å². The van der Waals surface area contributed by atoms with E-state index in [4.69, 9.17) is 14.0 Å². The zero-order valence-electron chi connectivity index (χ0n) is 21.5. The smallest absolute Gasteiger partial charge is 0.490 e. The number of halogens is 2. The van der Waals surface area contributed by atoms with Crippen LogP contribution in [0, 0.1) is 29.4 Å². The van der Waals surface area contributed by atoms with E-state index in [2.05, 4.69) is 13.8 Å². The van der Waals surface area contributed by atoms with Gasteiger partial charge < -0.3 is 14.0 Å². The maximum absolute atomic E-state index is 14.8. The SMILES string of the molecule is CCCCCCCC1COB(c2ccc(OCC3CCC(CCCCC)CC3)c(F)c2F)OC1. The van der Waals surface area contributed by atoms with Crippen LogP contribution >= 0.6 is 0 Å². The molecule has 1 aromatic rings. The Morgan fingerprint density at radius 1 is 0.765 bits per heavy atom. The summed E-state index contributed by atoms with van der Waals surface area (Å²) in [6, 6.07) is 3.07. The third kappa shape index (κ3) is 8.51. The highest BCUT2D eigenvalue weighted by Crippen LogP contribution is 2.33. The molecule has 1 aliphatic carbocycles. The van der Waals surface area contributed by atoms with E-state index in [1.165, 1.54) is 70.3 Å². The first-order chi connectivity index (χ1) is 16.6. The van der Waals surface area contributed by atoms with E-state index >= 15 is 0 Å². The van der Waals surface area contributed by atoms with Crippen molar-refractivity contribution in [1.29, 1.82) is 0 Å². The second kappa shape index (κ2) is 15.1. The number of benzene rings is 1. The number of hydrogen-bond donors (Lipinski definition) is 0. The predicted molar refractivity (Wildman–Crippen MR) is 136 cm³/mol. The van der Waals surface area contributed by atoms with Gasteiger partial charge in [0.1, 0.15) is 0 Å². The summed E-state index contributed by atoms with van der Waals surface area (Å²) in [4.78, 5) is 0. The van der Waals surface area contributed by atoms with Crippen molar-refractivity contribution in [3.8, 4) is 5.75 Å². The van der Waals surface area contributed by atoms with Gasteiger partial charge in [-0.1, -0.05) is 90.5 Å². The van der Waals surface area contributed by atoms with Crippen LogP contribution in [0.25, 0.3) is 0 Å². The average Bonchev–Trinajstić information content (AvgIpc) is 2.86. The minimum Gasteiger partial charge on any atom is -0.490 e. The third-order valence-electron chi connectivity index (χ3n) is 7.67. The lowest BCUT2D eigenvalue weighted by Gasteiger charge is -2.29. The molecule has 34 heavy (non-hydrogen) atoms. The molecular formula is C28H45BF2O3. The van der Waals surface area contributed by atoms with Crippen molar-refractivity contribution < 1.29 is 22.8 Å². The van der Waals surface area contributed by atoms with E-state index in [1.807, 2.05) is 0 Å². The van der Waals surface area contributed by atoms with Gasteiger partial charge in [-0.15, -0.1) is 0 Å². The lowest BCUT2D eigenvalue weighted by atomic mass is 9.76. The molecule has 3 rings (SSSR count). The summed E-state index contributed by atoms with van der Waals surface area (Å²) in [5.41, 5.74) is 0.124. The molecular weight excluding hydrogens is 433 g/mol. The van der Waals surface area contributed by atoms with Gasteiger partial charge >= 0.3 is 7.12 Å². The van der Waals surface area contributed by atoms with E-state index in [0.717, 1.165) is 31.6 Å². The third-order valence-corrected chi connectivity index (χ3v) is 7.67. The van der Waals surface area contributed by atoms with Gasteiger partial charge in [0.25, 0.3) is 0 Å². The number of hydrogen-bond acceptors (Lipinski definition) is 3. The minimum atomic E-state index is -0.934. The number of ether oxygens (including phenoxy) is 1. The van der Waals surface area contributed by atoms with E-state index in [1.54, 1.807) is 6.07 Å². The zero-order chi connectivity index (χ0) is 24.2. The lowest BCUT2D eigenvalue weighted by Crippen LogP contribution is -2.46. The van der Waals surface area contributed by atoms with Gasteiger partial charge in [-0.3, -0.25) is 0 Å². The fourth-order valence-corrected chi connectivity index (χ4v) is 5.34. The van der Waals surface area contributed by atoms with Crippen LogP contribution in [0.1, 0.15) is 104 Å². The summed E-state index contributed by atoms with van der Waals surface area (Å²) in [5.74, 6) is -0.278. The summed E-state index contributed by atoms with van der Waals surface area (Å²) >= 11 is 0. The monoisotopic (exact) mass is 478 g/mol. The van der Waals surface area contributed by atoms with Gasteiger partial charge in [-0.05, 0) is 37.2 Å². The second-order valence-electron chi connectivity index (χ2n) is 10.5. The Hall–Kier alpha value is -1.14. The zero-order valence-corrected chi connectivity index (χ0v) is 21.5. The first-order valence-corrected chi connectivity index (χ1v) is 14.0. The molecule has 0 aromatic heterocycles. The molecule has 1 saturated heterocycles. The summed E-state index contributed by atoms with van der Waals surface area (Å²) < 4.78 is 46.8. The van der Waals surface area contributed by atoms with E-state index in [9.17, 15) is 8.78 Å². The normalized spacial score (nSPS) is 21.7. The van der Waals surface area contributed by atoms with Gasteiger partial charge in [0.2, 0.25) is 0 Å². The molecule has 1 heterocycles. The van der Waals surface area contributed by atoms with Crippen molar-refractivity contribution in [1.82, 2.24) is 0 Å². The number of rotatable bonds is 14. The first kappa shape index (κ1) is 27.5. The molecule has 192 valence electrons. The van der Waals surface area contributed by atoms with Crippen LogP contribution in [0.3, 0.4) is 0 Å². The molecule has 1 saturated carbocycles. The van der Waals surface area contributed by atoms with Gasteiger partial charge in [0.15, 0.2) is 17.4 Å². The first-order valence-electron chi connectivity index (χ1n) is 14.0. The van der Waals surface area contributed by atoms with Crippen LogP contribution < -0.4 is 10.2 Å². The molecule has 0 amide bonds. The fourth-order valence-electron chi connectivity index (χ4n) is 5.34. The van der Waals surface area contributed by atoms with Crippen molar-refractivity contribution >= 4 is 12.6 Å². The summed E-state index contributed by atoms with van der Waals surface area (Å²) in [6.07, 6.45) is 17.2. The number of unbranched alkanes of at least 4 members (excludes halogenated alkanes) is 6. The highest BCUT2D eigenvalue weighted by Gasteiger charge is 2.33. The van der Waals surface area contributed by atoms with Crippen LogP contribution in [0.5, 0.6) is 5.75 Å². The Labute approximate surface area is 206 Å². The highest BCUT2D eigenvalue weighted by atomic mass is 19.2. The molecule has 2 aliphatic rings. The molecule has 3 nitrogen and oxygen atoms in total. The van der Waals surface area contributed by atoms with Crippen molar-refractivity contribution in [3.63, 3.8) is 0 Å². The maximum Gasteiger partial charge on any atom is 0.497 e. The van der Waals surface area contributed by atoms with E-state index in [0.29, 0.717) is 31.7 Å². The Bertz CT molecular complexity index is 701. The van der Waals surface area contributed by atoms with E-state index in [-0.39, 0.29) is 11.2 Å². The summed E-state index contributed by atoms with van der Waals surface area (Å²) in [7, 11) is -0.845. The highest BCUT2D eigenvalue weighted by molar-refractivity contribution is 6.61. The maximum atomic E-state index is 14.8.